The number of benzene rings is 2. The smallest absolute Gasteiger partial charge is 0.416 e. The third kappa shape index (κ3) is 2.99. The van der Waals surface area contributed by atoms with E-state index in [4.69, 9.17) is 4.74 Å². The minimum absolute atomic E-state index is 0.0319. The molecule has 2 aromatic rings. The second-order valence-corrected chi connectivity index (χ2v) is 4.03. The number of ether oxygens (including phenoxy) is 1. The summed E-state index contributed by atoms with van der Waals surface area (Å²) in [6.45, 7) is 1.62. The Morgan fingerprint density at radius 1 is 1.05 bits per heavy atom. The average molecular weight is 268 g/mol. The fourth-order valence-corrected chi connectivity index (χ4v) is 1.58. The molecule has 0 aliphatic rings. The Hall–Kier alpha value is -2.17. The molecule has 100 valence electrons. The molecule has 0 heterocycles. The van der Waals surface area contributed by atoms with Crippen LogP contribution in [-0.4, -0.2) is 5.11 Å². The van der Waals surface area contributed by atoms with Gasteiger partial charge < -0.3 is 9.84 Å². The first-order chi connectivity index (χ1) is 8.88. The number of phenols is 1. The molecule has 5 heteroatoms. The largest absolute Gasteiger partial charge is 0.508 e. The first-order valence-corrected chi connectivity index (χ1v) is 5.51. The number of rotatable bonds is 2. The Kier molecular flexibility index (Phi) is 3.38. The van der Waals surface area contributed by atoms with Gasteiger partial charge in [-0.2, -0.15) is 13.2 Å². The van der Waals surface area contributed by atoms with E-state index >= 15 is 0 Å². The molecule has 0 aliphatic heterocycles. The zero-order chi connectivity index (χ0) is 14.0. The molecule has 0 fully saturated rings. The number of halogens is 3. The lowest BCUT2D eigenvalue weighted by molar-refractivity contribution is -0.137. The van der Waals surface area contributed by atoms with E-state index in [1.807, 2.05) is 0 Å². The fraction of sp³-hybridized carbons (Fsp3) is 0.143. The summed E-state index contributed by atoms with van der Waals surface area (Å²) in [5.41, 5.74) is -0.303. The predicted molar refractivity (Wildman–Crippen MR) is 64.4 cm³/mol. The van der Waals surface area contributed by atoms with Crippen LogP contribution in [-0.2, 0) is 6.18 Å². The van der Waals surface area contributed by atoms with Crippen molar-refractivity contribution in [2.45, 2.75) is 13.1 Å². The van der Waals surface area contributed by atoms with E-state index in [9.17, 15) is 18.3 Å². The number of hydrogen-bond acceptors (Lipinski definition) is 2. The van der Waals surface area contributed by atoms with Crippen LogP contribution >= 0.6 is 0 Å². The van der Waals surface area contributed by atoms with E-state index < -0.39 is 11.7 Å². The van der Waals surface area contributed by atoms with Crippen LogP contribution in [0.15, 0.2) is 42.5 Å². The number of hydrogen-bond donors (Lipinski definition) is 1. The topological polar surface area (TPSA) is 29.5 Å². The van der Waals surface area contributed by atoms with Crippen LogP contribution in [0.3, 0.4) is 0 Å². The molecule has 0 spiro atoms. The van der Waals surface area contributed by atoms with Gasteiger partial charge in [0.2, 0.25) is 0 Å². The summed E-state index contributed by atoms with van der Waals surface area (Å²) >= 11 is 0. The van der Waals surface area contributed by atoms with Crippen molar-refractivity contribution in [1.29, 1.82) is 0 Å². The van der Waals surface area contributed by atoms with Gasteiger partial charge in [0.1, 0.15) is 17.2 Å². The van der Waals surface area contributed by atoms with E-state index in [0.717, 1.165) is 12.1 Å². The number of alkyl halides is 3. The van der Waals surface area contributed by atoms with Crippen molar-refractivity contribution in [1.82, 2.24) is 0 Å². The first kappa shape index (κ1) is 13.3. The number of phenolic OH excluding ortho intramolecular Hbond substituents is 1. The summed E-state index contributed by atoms with van der Waals surface area (Å²) in [6.07, 6.45) is -4.41. The van der Waals surface area contributed by atoms with Crippen LogP contribution in [0, 0.1) is 6.92 Å². The van der Waals surface area contributed by atoms with E-state index in [2.05, 4.69) is 0 Å². The van der Waals surface area contributed by atoms with Gasteiger partial charge in [0, 0.05) is 5.56 Å². The van der Waals surface area contributed by atoms with Crippen LogP contribution in [0.25, 0.3) is 0 Å². The van der Waals surface area contributed by atoms with Gasteiger partial charge in [-0.05, 0) is 37.3 Å². The molecule has 19 heavy (non-hydrogen) atoms. The van der Waals surface area contributed by atoms with Crippen molar-refractivity contribution < 1.29 is 23.0 Å². The molecule has 2 rings (SSSR count). The molecule has 0 unspecified atom stereocenters. The molecule has 0 amide bonds. The molecule has 0 bridgehead atoms. The molecule has 2 aromatic carbocycles. The van der Waals surface area contributed by atoms with Gasteiger partial charge in [-0.3, -0.25) is 0 Å². The Labute approximate surface area is 108 Å². The molecule has 0 atom stereocenters. The summed E-state index contributed by atoms with van der Waals surface area (Å²) < 4.78 is 43.0. The fourth-order valence-electron chi connectivity index (χ4n) is 1.58. The lowest BCUT2D eigenvalue weighted by Gasteiger charge is -2.12. The Balaban J connectivity index is 2.31. The third-order valence-corrected chi connectivity index (χ3v) is 2.64. The molecular weight excluding hydrogens is 257 g/mol. The molecular formula is C14H11F3O2. The highest BCUT2D eigenvalue weighted by Crippen LogP contribution is 2.34. The summed E-state index contributed by atoms with van der Waals surface area (Å²) in [5, 5.41) is 9.50. The van der Waals surface area contributed by atoms with Crippen LogP contribution in [0.1, 0.15) is 11.1 Å². The predicted octanol–water partition coefficient (Wildman–Crippen LogP) is 4.51. The zero-order valence-corrected chi connectivity index (χ0v) is 10.0. The highest BCUT2D eigenvalue weighted by molar-refractivity contribution is 5.45. The standard InChI is InChI=1S/C14H11F3O2/c1-9-12(18)6-3-7-13(9)19-11-5-2-4-10(8-11)14(15,16)17/h2-8,18H,1H3. The summed E-state index contributed by atoms with van der Waals surface area (Å²) in [6, 6.07) is 9.22. The normalized spacial score (nSPS) is 11.4. The average Bonchev–Trinajstić information content (AvgIpc) is 2.34. The van der Waals surface area contributed by atoms with E-state index in [1.165, 1.54) is 18.2 Å². The summed E-state index contributed by atoms with van der Waals surface area (Å²) in [4.78, 5) is 0. The zero-order valence-electron chi connectivity index (χ0n) is 10.0. The molecule has 0 aromatic heterocycles. The van der Waals surface area contributed by atoms with Gasteiger partial charge in [-0.1, -0.05) is 12.1 Å². The van der Waals surface area contributed by atoms with Gasteiger partial charge in [-0.25, -0.2) is 0 Å². The maximum atomic E-state index is 12.6. The second-order valence-electron chi connectivity index (χ2n) is 4.03. The van der Waals surface area contributed by atoms with Crippen molar-refractivity contribution in [2.24, 2.45) is 0 Å². The van der Waals surface area contributed by atoms with Crippen molar-refractivity contribution >= 4 is 0 Å². The summed E-state index contributed by atoms with van der Waals surface area (Å²) in [7, 11) is 0. The van der Waals surface area contributed by atoms with Gasteiger partial charge in [0.05, 0.1) is 5.56 Å². The van der Waals surface area contributed by atoms with Crippen molar-refractivity contribution in [3.05, 3.63) is 53.6 Å². The third-order valence-electron chi connectivity index (χ3n) is 2.64. The minimum Gasteiger partial charge on any atom is -0.508 e. The SMILES string of the molecule is Cc1c(O)cccc1Oc1cccc(C(F)(F)F)c1. The van der Waals surface area contributed by atoms with E-state index in [0.29, 0.717) is 11.3 Å². The van der Waals surface area contributed by atoms with Crippen LogP contribution < -0.4 is 4.74 Å². The Morgan fingerprint density at radius 2 is 1.74 bits per heavy atom. The van der Waals surface area contributed by atoms with Gasteiger partial charge in [-0.15, -0.1) is 0 Å². The molecule has 1 N–H and O–H groups in total. The first-order valence-electron chi connectivity index (χ1n) is 5.51. The Morgan fingerprint density at radius 3 is 2.42 bits per heavy atom. The summed E-state index contributed by atoms with van der Waals surface area (Å²) in [5.74, 6) is 0.423. The monoisotopic (exact) mass is 268 g/mol. The minimum atomic E-state index is -4.41. The van der Waals surface area contributed by atoms with Crippen LogP contribution in [0.2, 0.25) is 0 Å². The van der Waals surface area contributed by atoms with Crippen molar-refractivity contribution in [3.8, 4) is 17.2 Å². The Bertz CT molecular complexity index is 591. The highest BCUT2D eigenvalue weighted by atomic mass is 19.4. The van der Waals surface area contributed by atoms with E-state index in [-0.39, 0.29) is 11.5 Å². The van der Waals surface area contributed by atoms with Gasteiger partial charge in [0.25, 0.3) is 0 Å². The van der Waals surface area contributed by atoms with E-state index in [1.54, 1.807) is 19.1 Å². The lowest BCUT2D eigenvalue weighted by atomic mass is 10.2. The van der Waals surface area contributed by atoms with Gasteiger partial charge in [0.15, 0.2) is 0 Å². The quantitative estimate of drug-likeness (QED) is 0.868. The van der Waals surface area contributed by atoms with Gasteiger partial charge >= 0.3 is 6.18 Å². The van der Waals surface area contributed by atoms with Crippen LogP contribution in [0.4, 0.5) is 13.2 Å². The highest BCUT2D eigenvalue weighted by Gasteiger charge is 2.30. The molecule has 0 saturated heterocycles. The van der Waals surface area contributed by atoms with Crippen molar-refractivity contribution in [3.63, 3.8) is 0 Å². The molecule has 0 saturated carbocycles. The molecule has 0 aliphatic carbocycles. The van der Waals surface area contributed by atoms with Crippen LogP contribution in [0.5, 0.6) is 17.2 Å². The lowest BCUT2D eigenvalue weighted by Crippen LogP contribution is -2.04. The maximum absolute atomic E-state index is 12.6. The number of aromatic hydroxyl groups is 1. The maximum Gasteiger partial charge on any atom is 0.416 e. The van der Waals surface area contributed by atoms with Crippen molar-refractivity contribution in [2.75, 3.05) is 0 Å². The second kappa shape index (κ2) is 4.84. The molecule has 0 radical (unpaired) electrons. The molecule has 2 nitrogen and oxygen atoms in total.